The molecule has 3 saturated heterocycles. The molecule has 9 nitrogen and oxygen atoms in total. The minimum atomic E-state index is -0.568. The van der Waals surface area contributed by atoms with Gasteiger partial charge in [0.25, 0.3) is 5.91 Å². The van der Waals surface area contributed by atoms with Crippen LogP contribution in [-0.2, 0) is 35.8 Å². The molecule has 0 saturated carbocycles. The number of rotatable bonds is 8. The summed E-state index contributed by atoms with van der Waals surface area (Å²) in [6.07, 6.45) is 5.44. The summed E-state index contributed by atoms with van der Waals surface area (Å²) in [5.41, 5.74) is 11.4. The topological polar surface area (TPSA) is 111 Å². The van der Waals surface area contributed by atoms with Crippen molar-refractivity contribution in [1.82, 2.24) is 25.3 Å². The standard InChI is InChI=1S/C26H30N4O3.C12H18N2/c31-24-11-10-23(25(32)28-24)30-16-20-13-19(8-9-22(20)26(30)33)14-27-21-7-4-12-29(17-21)15-18-5-2-1-3-6-18;13-12-7-4-8-14(10-12)9-11-5-2-1-3-6-11/h1-3,5-6,8-9,13,21,23,27H,4,7,10-12,14-17H2,(H,28,31,32);1-3,5-6,12H,4,7-10,13H2. The average Bonchev–Trinajstić information content (AvgIpc) is 3.40. The minimum absolute atomic E-state index is 0.122. The molecule has 0 bridgehead atoms. The summed E-state index contributed by atoms with van der Waals surface area (Å²) in [6.45, 7) is 7.61. The summed E-state index contributed by atoms with van der Waals surface area (Å²) in [7, 11) is 0. The van der Waals surface area contributed by atoms with Gasteiger partial charge in [0, 0.05) is 63.3 Å². The lowest BCUT2D eigenvalue weighted by molar-refractivity contribution is -0.136. The predicted molar refractivity (Wildman–Crippen MR) is 183 cm³/mol. The predicted octanol–water partition coefficient (Wildman–Crippen LogP) is 3.81. The average molecular weight is 637 g/mol. The molecule has 3 atom stereocenters. The largest absolute Gasteiger partial charge is 0.327 e. The van der Waals surface area contributed by atoms with Crippen molar-refractivity contribution in [2.75, 3.05) is 26.2 Å². The monoisotopic (exact) mass is 636 g/mol. The van der Waals surface area contributed by atoms with Gasteiger partial charge in [-0.1, -0.05) is 72.8 Å². The van der Waals surface area contributed by atoms with Crippen molar-refractivity contribution in [2.45, 2.75) is 82.8 Å². The minimum Gasteiger partial charge on any atom is -0.327 e. The van der Waals surface area contributed by atoms with Crippen molar-refractivity contribution < 1.29 is 14.4 Å². The molecule has 248 valence electrons. The number of benzene rings is 3. The molecule has 3 aromatic rings. The summed E-state index contributed by atoms with van der Waals surface area (Å²) < 4.78 is 0. The Bertz CT molecular complexity index is 1520. The zero-order chi connectivity index (χ0) is 32.6. The molecule has 3 aromatic carbocycles. The molecular weight excluding hydrogens is 588 g/mol. The van der Waals surface area contributed by atoms with Crippen molar-refractivity contribution in [2.24, 2.45) is 5.73 Å². The summed E-state index contributed by atoms with van der Waals surface area (Å²) in [4.78, 5) is 43.1. The van der Waals surface area contributed by atoms with Crippen molar-refractivity contribution >= 4 is 17.7 Å². The first kappa shape index (κ1) is 33.0. The molecule has 0 aliphatic carbocycles. The Morgan fingerprint density at radius 3 is 2.09 bits per heavy atom. The van der Waals surface area contributed by atoms with Gasteiger partial charge in [-0.2, -0.15) is 0 Å². The lowest BCUT2D eigenvalue weighted by atomic mass is 10.0. The Morgan fingerprint density at radius 2 is 1.43 bits per heavy atom. The van der Waals surface area contributed by atoms with Crippen molar-refractivity contribution in [3.05, 3.63) is 107 Å². The molecule has 9 heteroatoms. The third kappa shape index (κ3) is 8.93. The summed E-state index contributed by atoms with van der Waals surface area (Å²) in [5.74, 6) is -0.756. The normalized spacial score (nSPS) is 23.6. The van der Waals surface area contributed by atoms with E-state index in [0.29, 0.717) is 30.6 Å². The Hall–Kier alpha value is -3.89. The van der Waals surface area contributed by atoms with Gasteiger partial charge < -0.3 is 16.0 Å². The second kappa shape index (κ2) is 15.8. The van der Waals surface area contributed by atoms with E-state index < -0.39 is 6.04 Å². The molecule has 4 aliphatic rings. The number of imide groups is 1. The Morgan fingerprint density at radius 1 is 0.766 bits per heavy atom. The maximum absolute atomic E-state index is 12.9. The number of carbonyl (C=O) groups is 3. The molecule has 4 heterocycles. The smallest absolute Gasteiger partial charge is 0.255 e. The zero-order valence-electron chi connectivity index (χ0n) is 27.3. The van der Waals surface area contributed by atoms with Gasteiger partial charge in [0.15, 0.2) is 0 Å². The van der Waals surface area contributed by atoms with Crippen LogP contribution in [0.4, 0.5) is 0 Å². The number of fused-ring (bicyclic) bond motifs is 1. The maximum atomic E-state index is 12.9. The van der Waals surface area contributed by atoms with Crippen LogP contribution in [0.15, 0.2) is 78.9 Å². The SMILES string of the molecule is NC1CCCN(Cc2ccccc2)C1.O=C1CCC(N2Cc3cc(CNC4CCCN(Cc5ccccc5)C4)ccc3C2=O)C(=O)N1. The van der Waals surface area contributed by atoms with Gasteiger partial charge in [-0.05, 0) is 73.5 Å². The molecule has 0 spiro atoms. The molecular formula is C38H48N6O3. The van der Waals surface area contributed by atoms with Gasteiger partial charge in [0.1, 0.15) is 6.04 Å². The number of hydrogen-bond acceptors (Lipinski definition) is 7. The third-order valence-corrected chi connectivity index (χ3v) is 9.73. The van der Waals surface area contributed by atoms with Gasteiger partial charge >= 0.3 is 0 Å². The number of hydrogen-bond donors (Lipinski definition) is 3. The van der Waals surface area contributed by atoms with Gasteiger partial charge in [-0.3, -0.25) is 29.5 Å². The lowest BCUT2D eigenvalue weighted by Crippen LogP contribution is -2.52. The third-order valence-electron chi connectivity index (χ3n) is 9.73. The molecule has 4 aliphatic heterocycles. The van der Waals surface area contributed by atoms with E-state index in [2.05, 4.69) is 87.2 Å². The van der Waals surface area contributed by atoms with Gasteiger partial charge in [0.05, 0.1) is 0 Å². The second-order valence-electron chi connectivity index (χ2n) is 13.5. The maximum Gasteiger partial charge on any atom is 0.255 e. The van der Waals surface area contributed by atoms with E-state index in [-0.39, 0.29) is 24.1 Å². The highest BCUT2D eigenvalue weighted by atomic mass is 16.2. The van der Waals surface area contributed by atoms with E-state index in [1.807, 2.05) is 12.1 Å². The fourth-order valence-corrected chi connectivity index (χ4v) is 7.28. The van der Waals surface area contributed by atoms with E-state index in [0.717, 1.165) is 56.8 Å². The van der Waals surface area contributed by atoms with Gasteiger partial charge in [0.2, 0.25) is 11.8 Å². The van der Waals surface area contributed by atoms with Crippen LogP contribution < -0.4 is 16.4 Å². The lowest BCUT2D eigenvalue weighted by Gasteiger charge is -2.33. The van der Waals surface area contributed by atoms with Crippen LogP contribution in [0.25, 0.3) is 0 Å². The highest BCUT2D eigenvalue weighted by molar-refractivity contribution is 6.05. The number of piperidine rings is 3. The van der Waals surface area contributed by atoms with Crippen molar-refractivity contribution in [3.8, 4) is 0 Å². The van der Waals surface area contributed by atoms with Crippen molar-refractivity contribution in [3.63, 3.8) is 0 Å². The Labute approximate surface area is 278 Å². The van der Waals surface area contributed by atoms with Crippen LogP contribution in [0.3, 0.4) is 0 Å². The van der Waals surface area contributed by atoms with Crippen LogP contribution in [-0.4, -0.2) is 76.7 Å². The molecule has 0 radical (unpaired) electrons. The van der Waals surface area contributed by atoms with E-state index in [1.54, 1.807) is 4.90 Å². The van der Waals surface area contributed by atoms with Crippen LogP contribution in [0.1, 0.15) is 71.1 Å². The van der Waals surface area contributed by atoms with Crippen molar-refractivity contribution in [1.29, 1.82) is 0 Å². The number of nitrogens with two attached hydrogens (primary N) is 1. The molecule has 3 unspecified atom stereocenters. The fraction of sp³-hybridized carbons (Fsp3) is 0.447. The summed E-state index contributed by atoms with van der Waals surface area (Å²) in [5, 5.41) is 6.06. The molecule has 3 fully saturated rings. The highest BCUT2D eigenvalue weighted by Crippen LogP contribution is 2.28. The molecule has 4 N–H and O–H groups in total. The first-order valence-electron chi connectivity index (χ1n) is 17.2. The first-order valence-corrected chi connectivity index (χ1v) is 17.2. The number of nitrogens with one attached hydrogen (secondary N) is 2. The van der Waals surface area contributed by atoms with Crippen LogP contribution in [0, 0.1) is 0 Å². The summed E-state index contributed by atoms with van der Waals surface area (Å²) >= 11 is 0. The van der Waals surface area contributed by atoms with Gasteiger partial charge in [-0.15, -0.1) is 0 Å². The van der Waals surface area contributed by atoms with Crippen LogP contribution >= 0.6 is 0 Å². The number of amides is 3. The molecule has 0 aromatic heterocycles. The van der Waals surface area contributed by atoms with Gasteiger partial charge in [-0.25, -0.2) is 0 Å². The van der Waals surface area contributed by atoms with Crippen LogP contribution in [0.5, 0.6) is 0 Å². The number of likely N-dealkylation sites (tertiary alicyclic amines) is 2. The second-order valence-corrected chi connectivity index (χ2v) is 13.5. The number of nitrogens with zero attached hydrogens (tertiary/aromatic N) is 3. The van der Waals surface area contributed by atoms with Crippen LogP contribution in [0.2, 0.25) is 0 Å². The zero-order valence-corrected chi connectivity index (χ0v) is 27.3. The summed E-state index contributed by atoms with van der Waals surface area (Å²) in [6, 6.07) is 27.4. The first-order chi connectivity index (χ1) is 22.9. The van der Waals surface area contributed by atoms with E-state index in [4.69, 9.17) is 5.73 Å². The van der Waals surface area contributed by atoms with E-state index >= 15 is 0 Å². The Balaban J connectivity index is 0.000000230. The quantitative estimate of drug-likeness (QED) is 0.323. The van der Waals surface area contributed by atoms with E-state index in [1.165, 1.54) is 36.9 Å². The molecule has 7 rings (SSSR count). The molecule has 3 amide bonds. The molecule has 47 heavy (non-hydrogen) atoms. The fourth-order valence-electron chi connectivity index (χ4n) is 7.28. The number of carbonyl (C=O) groups excluding carboxylic acids is 3. The highest BCUT2D eigenvalue weighted by Gasteiger charge is 2.39. The Kier molecular flexibility index (Phi) is 11.1. The van der Waals surface area contributed by atoms with E-state index in [9.17, 15) is 14.4 Å².